The molecule has 0 unspecified atom stereocenters. The van der Waals surface area contributed by atoms with E-state index in [-0.39, 0.29) is 18.5 Å². The quantitative estimate of drug-likeness (QED) is 0.662. The number of methoxy groups -OCH3 is 1. The maximum Gasteiger partial charge on any atom is 0.326 e. The number of nitrogens with zero attached hydrogens (tertiary/aromatic N) is 1. The maximum atomic E-state index is 12.5. The first kappa shape index (κ1) is 18.4. The van der Waals surface area contributed by atoms with Crippen LogP contribution in [-0.4, -0.2) is 46.4 Å². The van der Waals surface area contributed by atoms with Gasteiger partial charge in [0, 0.05) is 17.5 Å². The second kappa shape index (κ2) is 7.48. The molecule has 0 bridgehead atoms. The molecule has 9 heteroatoms. The number of aromatic nitrogens is 1. The van der Waals surface area contributed by atoms with Crippen LogP contribution >= 0.6 is 0 Å². The summed E-state index contributed by atoms with van der Waals surface area (Å²) < 4.78 is 10.6. The fourth-order valence-corrected chi connectivity index (χ4v) is 3.07. The minimum atomic E-state index is -1.32. The van der Waals surface area contributed by atoms with Crippen LogP contribution < -0.4 is 10.1 Å². The van der Waals surface area contributed by atoms with Crippen molar-refractivity contribution in [2.45, 2.75) is 31.7 Å². The predicted octanol–water partition coefficient (Wildman–Crippen LogP) is 1.50. The topological polar surface area (TPSA) is 139 Å². The minimum absolute atomic E-state index is 0.0213. The molecule has 0 saturated heterocycles. The molecule has 1 aliphatic carbocycles. The van der Waals surface area contributed by atoms with Crippen molar-refractivity contribution in [2.24, 2.45) is 0 Å². The van der Waals surface area contributed by atoms with Gasteiger partial charge in [0.1, 0.15) is 11.8 Å². The van der Waals surface area contributed by atoms with Gasteiger partial charge in [-0.15, -0.1) is 0 Å². The summed E-state index contributed by atoms with van der Waals surface area (Å²) in [5.41, 5.74) is 2.44. The smallest absolute Gasteiger partial charge is 0.326 e. The molecule has 1 aromatic heterocycles. The Balaban J connectivity index is 1.83. The molecular weight excluding hydrogens is 356 g/mol. The van der Waals surface area contributed by atoms with Gasteiger partial charge in [0.05, 0.1) is 7.11 Å². The number of carboxylic acid groups (broad SMARTS) is 2. The van der Waals surface area contributed by atoms with Gasteiger partial charge < -0.3 is 24.8 Å². The number of fused-ring (bicyclic) bond motifs is 3. The monoisotopic (exact) mass is 374 g/mol. The molecule has 27 heavy (non-hydrogen) atoms. The summed E-state index contributed by atoms with van der Waals surface area (Å²) in [5.74, 6) is -1.95. The van der Waals surface area contributed by atoms with Crippen molar-refractivity contribution in [2.75, 3.05) is 7.11 Å². The maximum absolute atomic E-state index is 12.5. The van der Waals surface area contributed by atoms with Crippen molar-refractivity contribution < 1.29 is 33.9 Å². The summed E-state index contributed by atoms with van der Waals surface area (Å²) in [6, 6.07) is 4.18. The van der Waals surface area contributed by atoms with Crippen LogP contribution in [0.25, 0.3) is 11.3 Å². The first-order valence-electron chi connectivity index (χ1n) is 8.32. The van der Waals surface area contributed by atoms with Crippen molar-refractivity contribution >= 4 is 17.8 Å². The molecule has 0 radical (unpaired) electrons. The lowest BCUT2D eigenvalue weighted by Crippen LogP contribution is -2.41. The van der Waals surface area contributed by atoms with Gasteiger partial charge in [-0.2, -0.15) is 0 Å². The average molecular weight is 374 g/mol. The van der Waals surface area contributed by atoms with Crippen molar-refractivity contribution in [3.63, 3.8) is 0 Å². The van der Waals surface area contributed by atoms with E-state index in [2.05, 4.69) is 10.5 Å². The highest BCUT2D eigenvalue weighted by Gasteiger charge is 2.30. The Hall–Kier alpha value is -3.36. The highest BCUT2D eigenvalue weighted by atomic mass is 16.5. The van der Waals surface area contributed by atoms with E-state index >= 15 is 0 Å². The number of aliphatic carboxylic acids is 2. The molecule has 3 rings (SSSR count). The summed E-state index contributed by atoms with van der Waals surface area (Å²) in [6.45, 7) is 0. The van der Waals surface area contributed by atoms with E-state index in [9.17, 15) is 19.5 Å². The third kappa shape index (κ3) is 3.76. The number of ether oxygens (including phenoxy) is 1. The number of hydrogen-bond acceptors (Lipinski definition) is 6. The summed E-state index contributed by atoms with van der Waals surface area (Å²) >= 11 is 0. The predicted molar refractivity (Wildman–Crippen MR) is 91.7 cm³/mol. The largest absolute Gasteiger partial charge is 0.497 e. The van der Waals surface area contributed by atoms with Crippen molar-refractivity contribution in [1.29, 1.82) is 0 Å². The molecule has 3 N–H and O–H groups in total. The number of hydrogen-bond donors (Lipinski definition) is 3. The molecule has 1 amide bonds. The lowest BCUT2D eigenvalue weighted by Gasteiger charge is -2.16. The molecule has 1 aromatic carbocycles. The van der Waals surface area contributed by atoms with Crippen molar-refractivity contribution in [3.05, 3.63) is 35.0 Å². The Morgan fingerprint density at radius 1 is 1.30 bits per heavy atom. The van der Waals surface area contributed by atoms with E-state index in [1.54, 1.807) is 13.2 Å². The first-order valence-corrected chi connectivity index (χ1v) is 8.32. The second-order valence-electron chi connectivity index (χ2n) is 6.16. The first-order chi connectivity index (χ1) is 12.9. The zero-order chi connectivity index (χ0) is 19.6. The number of benzene rings is 1. The molecule has 0 saturated carbocycles. The zero-order valence-corrected chi connectivity index (χ0v) is 14.5. The van der Waals surface area contributed by atoms with Gasteiger partial charge in [0.2, 0.25) is 0 Å². The van der Waals surface area contributed by atoms with Gasteiger partial charge in [0.15, 0.2) is 11.5 Å². The average Bonchev–Trinajstić information content (AvgIpc) is 3.08. The van der Waals surface area contributed by atoms with Crippen LogP contribution in [-0.2, 0) is 22.4 Å². The standard InChI is InChI=1S/C18H18N2O7/c1-26-10-3-5-11-9(8-10)2-4-12-15(20-27-16(11)12)17(23)19-13(18(24)25)6-7-14(21)22/h3,5,8,13H,2,4,6-7H2,1H3,(H,19,23)(H,21,22)(H,24,25)/t13-/m0/s1. The van der Waals surface area contributed by atoms with Crippen LogP contribution in [0.3, 0.4) is 0 Å². The van der Waals surface area contributed by atoms with Crippen LogP contribution in [0.5, 0.6) is 5.75 Å². The fourth-order valence-electron chi connectivity index (χ4n) is 3.07. The van der Waals surface area contributed by atoms with Crippen molar-refractivity contribution in [3.8, 4) is 17.1 Å². The Morgan fingerprint density at radius 3 is 2.74 bits per heavy atom. The van der Waals surface area contributed by atoms with Crippen LogP contribution in [0, 0.1) is 0 Å². The molecule has 1 aliphatic rings. The Kier molecular flexibility index (Phi) is 5.11. The van der Waals surface area contributed by atoms with E-state index in [4.69, 9.17) is 14.4 Å². The van der Waals surface area contributed by atoms with Crippen LogP contribution in [0.2, 0.25) is 0 Å². The van der Waals surface area contributed by atoms with Gasteiger partial charge in [-0.3, -0.25) is 9.59 Å². The van der Waals surface area contributed by atoms with Crippen LogP contribution in [0.1, 0.15) is 34.5 Å². The molecule has 0 aliphatic heterocycles. The molecule has 1 heterocycles. The van der Waals surface area contributed by atoms with Crippen molar-refractivity contribution in [1.82, 2.24) is 10.5 Å². The highest BCUT2D eigenvalue weighted by Crippen LogP contribution is 2.37. The van der Waals surface area contributed by atoms with E-state index in [1.165, 1.54) is 0 Å². The summed E-state index contributed by atoms with van der Waals surface area (Å²) in [4.78, 5) is 34.4. The van der Waals surface area contributed by atoms with Gasteiger partial charge in [0.25, 0.3) is 5.91 Å². The number of aryl methyl sites for hydroxylation is 1. The molecule has 0 spiro atoms. The second-order valence-corrected chi connectivity index (χ2v) is 6.16. The summed E-state index contributed by atoms with van der Waals surface area (Å²) in [6.07, 6.45) is 0.569. The number of rotatable bonds is 7. The summed E-state index contributed by atoms with van der Waals surface area (Å²) in [5, 5.41) is 24.0. The lowest BCUT2D eigenvalue weighted by atomic mass is 9.89. The van der Waals surface area contributed by atoms with E-state index in [0.717, 1.165) is 16.9 Å². The molecule has 9 nitrogen and oxygen atoms in total. The number of nitrogens with one attached hydrogen (secondary N) is 1. The summed E-state index contributed by atoms with van der Waals surface area (Å²) in [7, 11) is 1.58. The lowest BCUT2D eigenvalue weighted by molar-refractivity contribution is -0.140. The number of carbonyl (C=O) groups is 3. The van der Waals surface area contributed by atoms with Gasteiger partial charge in [-0.1, -0.05) is 5.16 Å². The normalized spacial score (nSPS) is 13.2. The fraction of sp³-hybridized carbons (Fsp3) is 0.333. The zero-order valence-electron chi connectivity index (χ0n) is 14.5. The molecule has 1 atom stereocenters. The molecule has 142 valence electrons. The number of carbonyl (C=O) groups excluding carboxylic acids is 1. The molecule has 2 aromatic rings. The van der Waals surface area contributed by atoms with Crippen LogP contribution in [0.4, 0.5) is 0 Å². The number of amides is 1. The molecular formula is C18H18N2O7. The van der Waals surface area contributed by atoms with Gasteiger partial charge in [-0.05, 0) is 43.0 Å². The number of carboxylic acids is 2. The molecule has 0 fully saturated rings. The highest BCUT2D eigenvalue weighted by molar-refractivity contribution is 5.97. The van der Waals surface area contributed by atoms with Gasteiger partial charge in [-0.25, -0.2) is 4.79 Å². The van der Waals surface area contributed by atoms with E-state index in [0.29, 0.717) is 24.2 Å². The minimum Gasteiger partial charge on any atom is -0.497 e. The van der Waals surface area contributed by atoms with E-state index < -0.39 is 23.9 Å². The van der Waals surface area contributed by atoms with E-state index in [1.807, 2.05) is 12.1 Å². The third-order valence-electron chi connectivity index (χ3n) is 4.45. The van der Waals surface area contributed by atoms with Gasteiger partial charge >= 0.3 is 11.9 Å². The Bertz CT molecular complexity index is 903. The van der Waals surface area contributed by atoms with Crippen LogP contribution in [0.15, 0.2) is 22.7 Å². The Morgan fingerprint density at radius 2 is 2.07 bits per heavy atom. The Labute approximate surface area is 153 Å². The third-order valence-corrected chi connectivity index (χ3v) is 4.45. The SMILES string of the molecule is COc1ccc2c(c1)CCc1c(C(=O)N[C@@H](CCC(=O)O)C(=O)O)noc1-2.